The third-order valence-electron chi connectivity index (χ3n) is 2.86. The molecule has 0 saturated heterocycles. The lowest BCUT2D eigenvalue weighted by molar-refractivity contribution is 0.444. The van der Waals surface area contributed by atoms with Gasteiger partial charge in [-0.15, -0.1) is 5.10 Å². The number of hydrogen-bond acceptors (Lipinski definition) is 4. The Morgan fingerprint density at radius 3 is 2.80 bits per heavy atom. The summed E-state index contributed by atoms with van der Waals surface area (Å²) in [5, 5.41) is 15.3. The fourth-order valence-corrected chi connectivity index (χ4v) is 1.91. The van der Waals surface area contributed by atoms with Gasteiger partial charge in [-0.3, -0.25) is 10.5 Å². The standard InChI is InChI=1S/C14H13N5O/c1-8-6-12(19-18-8)20-14-10(13(15)16)7-9-4-2-3-5-11(9)17-14/h2-7H,1H3,(H3,15,16)(H,18,19). The number of benzene rings is 1. The second kappa shape index (κ2) is 4.65. The van der Waals surface area contributed by atoms with E-state index in [1.807, 2.05) is 31.2 Å². The smallest absolute Gasteiger partial charge is 0.240 e. The van der Waals surface area contributed by atoms with E-state index in [0.29, 0.717) is 11.4 Å². The highest BCUT2D eigenvalue weighted by Crippen LogP contribution is 2.25. The number of hydrogen-bond donors (Lipinski definition) is 3. The van der Waals surface area contributed by atoms with Gasteiger partial charge in [0.05, 0.1) is 11.1 Å². The molecule has 0 unspecified atom stereocenters. The number of nitrogen functional groups attached to an aromatic ring is 1. The summed E-state index contributed by atoms with van der Waals surface area (Å²) in [6, 6.07) is 11.1. The lowest BCUT2D eigenvalue weighted by Gasteiger charge is -2.08. The summed E-state index contributed by atoms with van der Waals surface area (Å²) in [6.45, 7) is 1.87. The molecule has 2 aromatic heterocycles. The Balaban J connectivity index is 2.11. The molecule has 0 bridgehead atoms. The molecule has 6 nitrogen and oxygen atoms in total. The molecule has 0 saturated carbocycles. The highest BCUT2D eigenvalue weighted by molar-refractivity contribution is 6.00. The van der Waals surface area contributed by atoms with Crippen LogP contribution in [0.5, 0.6) is 11.8 Å². The SMILES string of the molecule is Cc1cc(Oc2nc3ccccc3cc2C(=N)N)n[nH]1. The summed E-state index contributed by atoms with van der Waals surface area (Å²) in [7, 11) is 0. The number of pyridine rings is 1. The zero-order valence-electron chi connectivity index (χ0n) is 10.8. The Morgan fingerprint density at radius 1 is 1.30 bits per heavy atom. The van der Waals surface area contributed by atoms with E-state index < -0.39 is 0 Å². The van der Waals surface area contributed by atoms with Crippen molar-refractivity contribution >= 4 is 16.7 Å². The molecule has 0 aliphatic rings. The van der Waals surface area contributed by atoms with Gasteiger partial charge in [0.2, 0.25) is 11.8 Å². The van der Waals surface area contributed by atoms with Crippen molar-refractivity contribution in [2.24, 2.45) is 5.73 Å². The molecule has 2 heterocycles. The minimum absolute atomic E-state index is 0.0921. The zero-order chi connectivity index (χ0) is 14.1. The Kier molecular flexibility index (Phi) is 2.83. The molecule has 0 spiro atoms. The number of aromatic amines is 1. The van der Waals surface area contributed by atoms with Crippen molar-refractivity contribution in [3.05, 3.63) is 47.7 Å². The van der Waals surface area contributed by atoms with Crippen LogP contribution in [0, 0.1) is 12.3 Å². The van der Waals surface area contributed by atoms with E-state index in [2.05, 4.69) is 15.2 Å². The van der Waals surface area contributed by atoms with Crippen molar-refractivity contribution in [2.75, 3.05) is 0 Å². The number of amidine groups is 1. The molecule has 3 rings (SSSR count). The first-order valence-corrected chi connectivity index (χ1v) is 6.07. The quantitative estimate of drug-likeness (QED) is 0.500. The summed E-state index contributed by atoms with van der Waals surface area (Å²) in [4.78, 5) is 4.40. The van der Waals surface area contributed by atoms with Crippen molar-refractivity contribution < 1.29 is 4.74 Å². The Labute approximate surface area is 115 Å². The summed E-state index contributed by atoms with van der Waals surface area (Å²) in [6.07, 6.45) is 0. The van der Waals surface area contributed by atoms with Crippen molar-refractivity contribution in [1.29, 1.82) is 5.41 Å². The normalized spacial score (nSPS) is 10.7. The maximum atomic E-state index is 7.65. The number of nitrogens with zero attached hydrogens (tertiary/aromatic N) is 2. The predicted molar refractivity (Wildman–Crippen MR) is 76.2 cm³/mol. The number of rotatable bonds is 3. The van der Waals surface area contributed by atoms with Crippen molar-refractivity contribution in [2.45, 2.75) is 6.92 Å². The second-order valence-electron chi connectivity index (χ2n) is 4.44. The van der Waals surface area contributed by atoms with Crippen LogP contribution in [0.2, 0.25) is 0 Å². The number of aryl methyl sites for hydroxylation is 1. The first-order chi connectivity index (χ1) is 9.63. The number of ether oxygens (including phenoxy) is 1. The molecule has 0 amide bonds. The molecular weight excluding hydrogens is 254 g/mol. The number of aromatic nitrogens is 3. The largest absolute Gasteiger partial charge is 0.418 e. The van der Waals surface area contributed by atoms with Crippen LogP contribution in [0.3, 0.4) is 0 Å². The Hall–Kier alpha value is -2.89. The van der Waals surface area contributed by atoms with Gasteiger partial charge in [0.25, 0.3) is 0 Å². The number of fused-ring (bicyclic) bond motifs is 1. The highest BCUT2D eigenvalue weighted by atomic mass is 16.5. The molecule has 4 N–H and O–H groups in total. The maximum absolute atomic E-state index is 7.65. The summed E-state index contributed by atoms with van der Waals surface area (Å²) < 4.78 is 5.63. The third-order valence-corrected chi connectivity index (χ3v) is 2.86. The fourth-order valence-electron chi connectivity index (χ4n) is 1.91. The molecule has 6 heteroatoms. The minimum Gasteiger partial charge on any atom is -0.418 e. The third kappa shape index (κ3) is 2.18. The van der Waals surface area contributed by atoms with Gasteiger partial charge in [0.1, 0.15) is 5.84 Å². The monoisotopic (exact) mass is 267 g/mol. The summed E-state index contributed by atoms with van der Waals surface area (Å²) >= 11 is 0. The van der Waals surface area contributed by atoms with Crippen LogP contribution in [0.1, 0.15) is 11.3 Å². The van der Waals surface area contributed by atoms with E-state index in [1.54, 1.807) is 12.1 Å². The Bertz CT molecular complexity index is 793. The van der Waals surface area contributed by atoms with Gasteiger partial charge in [0, 0.05) is 17.1 Å². The first kappa shape index (κ1) is 12.2. The Morgan fingerprint density at radius 2 is 2.10 bits per heavy atom. The van der Waals surface area contributed by atoms with Crippen molar-refractivity contribution in [3.8, 4) is 11.8 Å². The lowest BCUT2D eigenvalue weighted by atomic mass is 10.1. The van der Waals surface area contributed by atoms with Crippen molar-refractivity contribution in [3.63, 3.8) is 0 Å². The van der Waals surface area contributed by atoms with Gasteiger partial charge in [-0.1, -0.05) is 18.2 Å². The molecule has 1 aromatic carbocycles. The second-order valence-corrected chi connectivity index (χ2v) is 4.44. The van der Waals surface area contributed by atoms with Crippen LogP contribution < -0.4 is 10.5 Å². The van der Waals surface area contributed by atoms with Gasteiger partial charge in [-0.2, -0.15) is 0 Å². The van der Waals surface area contributed by atoms with E-state index in [4.69, 9.17) is 15.9 Å². The molecule has 3 aromatic rings. The van der Waals surface area contributed by atoms with E-state index in [9.17, 15) is 0 Å². The number of H-pyrrole nitrogens is 1. The average molecular weight is 267 g/mol. The van der Waals surface area contributed by atoms with E-state index >= 15 is 0 Å². The van der Waals surface area contributed by atoms with Crippen LogP contribution in [0.4, 0.5) is 0 Å². The van der Waals surface area contributed by atoms with E-state index in [1.165, 1.54) is 0 Å². The summed E-state index contributed by atoms with van der Waals surface area (Å²) in [5.74, 6) is 0.584. The van der Waals surface area contributed by atoms with Gasteiger partial charge < -0.3 is 10.5 Å². The summed E-state index contributed by atoms with van der Waals surface area (Å²) in [5.41, 5.74) is 7.71. The molecule has 20 heavy (non-hydrogen) atoms. The van der Waals surface area contributed by atoms with Gasteiger partial charge in [-0.25, -0.2) is 4.98 Å². The lowest BCUT2D eigenvalue weighted by Crippen LogP contribution is -2.13. The maximum Gasteiger partial charge on any atom is 0.240 e. The van der Waals surface area contributed by atoms with Crippen LogP contribution in [-0.2, 0) is 0 Å². The molecule has 0 fully saturated rings. The molecule has 0 radical (unpaired) electrons. The predicted octanol–water partition coefficient (Wildman–Crippen LogP) is 2.34. The molecule has 100 valence electrons. The van der Waals surface area contributed by atoms with Crippen LogP contribution in [-0.4, -0.2) is 21.0 Å². The minimum atomic E-state index is -0.0921. The first-order valence-electron chi connectivity index (χ1n) is 6.07. The average Bonchev–Trinajstić information content (AvgIpc) is 2.83. The molecule has 0 atom stereocenters. The number of nitrogens with two attached hydrogens (primary N) is 1. The van der Waals surface area contributed by atoms with Gasteiger partial charge in [0.15, 0.2) is 0 Å². The van der Waals surface area contributed by atoms with Gasteiger partial charge in [-0.05, 0) is 19.1 Å². The molecule has 0 aliphatic heterocycles. The molecule has 0 aliphatic carbocycles. The highest BCUT2D eigenvalue weighted by Gasteiger charge is 2.13. The number of nitrogens with one attached hydrogen (secondary N) is 2. The van der Waals surface area contributed by atoms with Gasteiger partial charge >= 0.3 is 0 Å². The van der Waals surface area contributed by atoms with E-state index in [-0.39, 0.29) is 11.7 Å². The fraction of sp³-hybridized carbons (Fsp3) is 0.0714. The zero-order valence-corrected chi connectivity index (χ0v) is 10.8. The molecular formula is C14H13N5O. The van der Waals surface area contributed by atoms with Crippen LogP contribution in [0.25, 0.3) is 10.9 Å². The van der Waals surface area contributed by atoms with Crippen molar-refractivity contribution in [1.82, 2.24) is 15.2 Å². The number of para-hydroxylation sites is 1. The van der Waals surface area contributed by atoms with Crippen LogP contribution >= 0.6 is 0 Å². The van der Waals surface area contributed by atoms with Crippen LogP contribution in [0.15, 0.2) is 36.4 Å². The van der Waals surface area contributed by atoms with E-state index in [0.717, 1.165) is 16.6 Å². The topological polar surface area (TPSA) is 101 Å².